The van der Waals surface area contributed by atoms with Crippen molar-refractivity contribution in [1.82, 2.24) is 13.7 Å². The molecule has 0 unspecified atom stereocenters. The summed E-state index contributed by atoms with van der Waals surface area (Å²) < 4.78 is 4.24. The van der Waals surface area contributed by atoms with Crippen LogP contribution in [0.15, 0.2) is 69.0 Å². The van der Waals surface area contributed by atoms with E-state index in [4.69, 9.17) is 7.85 Å². The van der Waals surface area contributed by atoms with Gasteiger partial charge in [-0.05, 0) is 44.0 Å². The average molecular weight is 424 g/mol. The molecule has 8 heteroatoms. The van der Waals surface area contributed by atoms with E-state index in [1.165, 1.54) is 13.7 Å². The molecular weight excluding hydrogens is 403 g/mol. The third-order valence-electron chi connectivity index (χ3n) is 5.94. The standard InChI is InChI=1S/C24H21BN4O3/c1-14-20-19(21(27(2)22(14)30)26-16-10-8-15(25)9-11-16)23(31)29(18-12-13-18)24(32)28(20)17-6-4-3-5-7-17/h3-11,18,26H,12-13H2,1-2H3. The van der Waals surface area contributed by atoms with Gasteiger partial charge in [-0.2, -0.15) is 0 Å². The summed E-state index contributed by atoms with van der Waals surface area (Å²) in [5, 5.41) is 3.52. The minimum absolute atomic E-state index is 0.128. The van der Waals surface area contributed by atoms with Gasteiger partial charge in [0.2, 0.25) is 0 Å². The van der Waals surface area contributed by atoms with E-state index < -0.39 is 11.2 Å². The Morgan fingerprint density at radius 3 is 2.22 bits per heavy atom. The van der Waals surface area contributed by atoms with Crippen LogP contribution in [-0.4, -0.2) is 21.5 Å². The van der Waals surface area contributed by atoms with Gasteiger partial charge in [-0.3, -0.25) is 23.3 Å². The van der Waals surface area contributed by atoms with Gasteiger partial charge in [-0.15, -0.1) is 0 Å². The maximum Gasteiger partial charge on any atom is 0.336 e. The van der Waals surface area contributed by atoms with Crippen molar-refractivity contribution in [3.8, 4) is 5.69 Å². The van der Waals surface area contributed by atoms with Gasteiger partial charge in [0.25, 0.3) is 11.1 Å². The van der Waals surface area contributed by atoms with E-state index >= 15 is 0 Å². The number of para-hydroxylation sites is 1. The smallest absolute Gasteiger partial charge is 0.336 e. The van der Waals surface area contributed by atoms with Crippen LogP contribution >= 0.6 is 0 Å². The van der Waals surface area contributed by atoms with Crippen LogP contribution in [0.3, 0.4) is 0 Å². The number of aryl methyl sites for hydroxylation is 1. The molecule has 1 aliphatic carbocycles. The molecule has 1 fully saturated rings. The largest absolute Gasteiger partial charge is 0.341 e. The average Bonchev–Trinajstić information content (AvgIpc) is 3.62. The Hall–Kier alpha value is -3.81. The number of aromatic nitrogens is 3. The lowest BCUT2D eigenvalue weighted by Gasteiger charge is -2.20. The van der Waals surface area contributed by atoms with Gasteiger partial charge >= 0.3 is 5.69 Å². The van der Waals surface area contributed by atoms with Gasteiger partial charge in [0.05, 0.1) is 11.2 Å². The number of hydrogen-bond donors (Lipinski definition) is 1. The highest BCUT2D eigenvalue weighted by Crippen LogP contribution is 2.33. The molecule has 0 aliphatic heterocycles. The van der Waals surface area contributed by atoms with Crippen LogP contribution in [-0.2, 0) is 7.05 Å². The number of rotatable bonds is 4. The Kier molecular flexibility index (Phi) is 4.66. The Bertz CT molecular complexity index is 1530. The normalized spacial score (nSPS) is 13.4. The molecule has 2 radical (unpaired) electrons. The van der Waals surface area contributed by atoms with Crippen molar-refractivity contribution in [1.29, 1.82) is 0 Å². The van der Waals surface area contributed by atoms with Crippen molar-refractivity contribution < 1.29 is 0 Å². The molecule has 2 aromatic carbocycles. The SMILES string of the molecule is [B]c1ccc(Nc2c3c(=O)n(C4CC4)c(=O)n(-c4ccccc4)c3c(C)c(=O)n2C)cc1. The van der Waals surface area contributed by atoms with E-state index in [2.05, 4.69) is 5.32 Å². The van der Waals surface area contributed by atoms with Gasteiger partial charge in [0.1, 0.15) is 19.1 Å². The lowest BCUT2D eigenvalue weighted by Crippen LogP contribution is -2.41. The van der Waals surface area contributed by atoms with Crippen LogP contribution in [0.1, 0.15) is 24.4 Å². The summed E-state index contributed by atoms with van der Waals surface area (Å²) in [7, 11) is 7.41. The number of anilines is 2. The number of nitrogens with zero attached hydrogens (tertiary/aromatic N) is 3. The van der Waals surface area contributed by atoms with E-state index in [1.807, 2.05) is 18.2 Å². The molecule has 1 aliphatic rings. The number of nitrogens with one attached hydrogen (secondary N) is 1. The van der Waals surface area contributed by atoms with E-state index in [1.54, 1.807) is 50.4 Å². The molecule has 0 amide bonds. The first-order valence-electron chi connectivity index (χ1n) is 10.5. The molecule has 4 aromatic rings. The van der Waals surface area contributed by atoms with Gasteiger partial charge in [-0.25, -0.2) is 4.79 Å². The molecular formula is C24H21BN4O3. The molecule has 1 saturated carbocycles. The third kappa shape index (κ3) is 3.10. The lowest BCUT2D eigenvalue weighted by atomic mass is 9.96. The molecule has 0 spiro atoms. The first kappa shape index (κ1) is 20.1. The summed E-state index contributed by atoms with van der Waals surface area (Å²) in [6.07, 6.45) is 1.56. The quantitative estimate of drug-likeness (QED) is 0.509. The summed E-state index contributed by atoms with van der Waals surface area (Å²) in [6.45, 7) is 1.65. The molecule has 158 valence electrons. The second kappa shape index (κ2) is 7.41. The van der Waals surface area contributed by atoms with Crippen LogP contribution < -0.4 is 27.6 Å². The zero-order valence-electron chi connectivity index (χ0n) is 17.8. The monoisotopic (exact) mass is 424 g/mol. The van der Waals surface area contributed by atoms with Crippen molar-refractivity contribution >= 4 is 35.7 Å². The summed E-state index contributed by atoms with van der Waals surface area (Å²) in [6, 6.07) is 16.0. The van der Waals surface area contributed by atoms with Crippen molar-refractivity contribution in [3.05, 3.63) is 91.4 Å². The fourth-order valence-corrected chi connectivity index (χ4v) is 4.14. The van der Waals surface area contributed by atoms with Gasteiger partial charge in [-0.1, -0.05) is 35.8 Å². The predicted molar refractivity (Wildman–Crippen MR) is 127 cm³/mol. The minimum atomic E-state index is -0.425. The molecule has 0 atom stereocenters. The zero-order valence-corrected chi connectivity index (χ0v) is 17.8. The Morgan fingerprint density at radius 1 is 0.938 bits per heavy atom. The maximum atomic E-state index is 13.7. The lowest BCUT2D eigenvalue weighted by molar-refractivity contribution is 0.643. The molecule has 32 heavy (non-hydrogen) atoms. The topological polar surface area (TPSA) is 78.0 Å². The number of hydrogen-bond acceptors (Lipinski definition) is 4. The third-order valence-corrected chi connectivity index (χ3v) is 5.94. The molecule has 0 saturated heterocycles. The highest BCUT2D eigenvalue weighted by atomic mass is 16.2. The van der Waals surface area contributed by atoms with Crippen LogP contribution in [0.4, 0.5) is 11.5 Å². The maximum absolute atomic E-state index is 13.7. The van der Waals surface area contributed by atoms with E-state index in [0.717, 1.165) is 12.8 Å². The Balaban J connectivity index is 1.94. The van der Waals surface area contributed by atoms with Crippen LogP contribution in [0.25, 0.3) is 16.6 Å². The van der Waals surface area contributed by atoms with Crippen LogP contribution in [0.2, 0.25) is 0 Å². The first-order chi connectivity index (χ1) is 15.4. The van der Waals surface area contributed by atoms with E-state index in [-0.39, 0.29) is 11.6 Å². The molecule has 2 heterocycles. The predicted octanol–water partition coefficient (Wildman–Crippen LogP) is 2.03. The van der Waals surface area contributed by atoms with Crippen LogP contribution in [0, 0.1) is 6.92 Å². The zero-order chi connectivity index (χ0) is 22.6. The Labute approximate surface area is 185 Å². The molecule has 0 bridgehead atoms. The van der Waals surface area contributed by atoms with E-state index in [0.29, 0.717) is 39.1 Å². The van der Waals surface area contributed by atoms with Gasteiger partial charge < -0.3 is 5.32 Å². The Morgan fingerprint density at radius 2 is 1.59 bits per heavy atom. The molecule has 7 nitrogen and oxygen atoms in total. The van der Waals surface area contributed by atoms with Gasteiger partial charge in [0, 0.05) is 24.3 Å². The second-order valence-electron chi connectivity index (χ2n) is 8.17. The summed E-state index contributed by atoms with van der Waals surface area (Å²) >= 11 is 0. The van der Waals surface area contributed by atoms with Gasteiger partial charge in [0.15, 0.2) is 0 Å². The fourth-order valence-electron chi connectivity index (χ4n) is 4.14. The molecule has 5 rings (SSSR count). The summed E-state index contributed by atoms with van der Waals surface area (Å²) in [4.78, 5) is 40.4. The highest BCUT2D eigenvalue weighted by Gasteiger charge is 2.31. The van der Waals surface area contributed by atoms with Crippen molar-refractivity contribution in [3.63, 3.8) is 0 Å². The van der Waals surface area contributed by atoms with Crippen LogP contribution in [0.5, 0.6) is 0 Å². The minimum Gasteiger partial charge on any atom is -0.341 e. The van der Waals surface area contributed by atoms with E-state index in [9.17, 15) is 14.4 Å². The molecule has 1 N–H and O–H groups in total. The fraction of sp³-hybridized carbons (Fsp3) is 0.208. The number of pyridine rings is 1. The highest BCUT2D eigenvalue weighted by molar-refractivity contribution is 6.32. The first-order valence-corrected chi connectivity index (χ1v) is 10.5. The summed E-state index contributed by atoms with van der Waals surface area (Å²) in [5.74, 6) is 0.337. The molecule has 2 aromatic heterocycles. The summed E-state index contributed by atoms with van der Waals surface area (Å²) in [5.41, 5.74) is 1.44. The van der Waals surface area contributed by atoms with Crippen molar-refractivity contribution in [2.24, 2.45) is 7.05 Å². The number of benzene rings is 2. The second-order valence-corrected chi connectivity index (χ2v) is 8.17. The number of fused-ring (bicyclic) bond motifs is 1. The van der Waals surface area contributed by atoms with Crippen molar-refractivity contribution in [2.75, 3.05) is 5.32 Å². The van der Waals surface area contributed by atoms with Crippen molar-refractivity contribution in [2.45, 2.75) is 25.8 Å².